The second-order valence-electron chi connectivity index (χ2n) is 7.24. The zero-order valence-electron chi connectivity index (χ0n) is 15.9. The summed E-state index contributed by atoms with van der Waals surface area (Å²) in [7, 11) is -3.69. The van der Waals surface area contributed by atoms with E-state index in [-0.39, 0.29) is 4.90 Å². The highest BCUT2D eigenvalue weighted by Gasteiger charge is 2.31. The topological polar surface area (TPSA) is 102 Å². The van der Waals surface area contributed by atoms with Crippen LogP contribution in [-0.2, 0) is 14.8 Å². The molecule has 1 aliphatic rings. The zero-order chi connectivity index (χ0) is 20.5. The SMILES string of the molecule is Cc1cccc(S(=O)(=O)NC2CCOc3cc(OC(C)(C)C(=O)O)ccc32)c1. The van der Waals surface area contributed by atoms with Crippen molar-refractivity contribution in [1.29, 1.82) is 0 Å². The number of carboxylic acid groups (broad SMARTS) is 1. The molecule has 0 saturated heterocycles. The molecule has 2 aromatic carbocycles. The lowest BCUT2D eigenvalue weighted by Gasteiger charge is -2.28. The highest BCUT2D eigenvalue weighted by atomic mass is 32.2. The first-order valence-electron chi connectivity index (χ1n) is 8.87. The number of ether oxygens (including phenoxy) is 2. The van der Waals surface area contributed by atoms with Gasteiger partial charge in [0, 0.05) is 18.1 Å². The molecule has 0 fully saturated rings. The van der Waals surface area contributed by atoms with Crippen molar-refractivity contribution in [2.75, 3.05) is 6.61 Å². The molecule has 1 heterocycles. The molecule has 0 bridgehead atoms. The van der Waals surface area contributed by atoms with Crippen molar-refractivity contribution in [3.05, 3.63) is 53.6 Å². The third-order valence-corrected chi connectivity index (χ3v) is 5.98. The van der Waals surface area contributed by atoms with Gasteiger partial charge in [-0.3, -0.25) is 0 Å². The van der Waals surface area contributed by atoms with Gasteiger partial charge in [-0.2, -0.15) is 0 Å². The number of rotatable bonds is 6. The summed E-state index contributed by atoms with van der Waals surface area (Å²) in [5, 5.41) is 9.21. The third kappa shape index (κ3) is 4.28. The number of carboxylic acids is 1. The zero-order valence-corrected chi connectivity index (χ0v) is 16.7. The molecule has 1 aliphatic heterocycles. The summed E-state index contributed by atoms with van der Waals surface area (Å²) >= 11 is 0. The summed E-state index contributed by atoms with van der Waals surface area (Å²) in [4.78, 5) is 11.5. The Morgan fingerprint density at radius 1 is 1.25 bits per heavy atom. The summed E-state index contributed by atoms with van der Waals surface area (Å²) < 4.78 is 39.4. The minimum Gasteiger partial charge on any atom is -0.493 e. The van der Waals surface area contributed by atoms with Crippen LogP contribution < -0.4 is 14.2 Å². The van der Waals surface area contributed by atoms with Gasteiger partial charge < -0.3 is 14.6 Å². The number of carbonyl (C=O) groups is 1. The quantitative estimate of drug-likeness (QED) is 0.766. The van der Waals surface area contributed by atoms with Gasteiger partial charge in [-0.05, 0) is 44.5 Å². The van der Waals surface area contributed by atoms with Gasteiger partial charge in [-0.15, -0.1) is 0 Å². The smallest absolute Gasteiger partial charge is 0.347 e. The number of aryl methyl sites for hydroxylation is 1. The Morgan fingerprint density at radius 2 is 2.00 bits per heavy atom. The standard InChI is InChI=1S/C20H23NO6S/c1-13-5-4-6-15(11-13)28(24,25)21-17-9-10-26-18-12-14(7-8-16(17)18)27-20(2,3)19(22)23/h4-8,11-12,17,21H,9-10H2,1-3H3,(H,22,23). The summed E-state index contributed by atoms with van der Waals surface area (Å²) in [6, 6.07) is 11.2. The van der Waals surface area contributed by atoms with Crippen molar-refractivity contribution in [2.45, 2.75) is 43.7 Å². The molecule has 0 saturated carbocycles. The molecule has 0 amide bonds. The maximum Gasteiger partial charge on any atom is 0.347 e. The van der Waals surface area contributed by atoms with Crippen LogP contribution in [0, 0.1) is 6.92 Å². The van der Waals surface area contributed by atoms with E-state index in [9.17, 15) is 18.3 Å². The lowest BCUT2D eigenvalue weighted by molar-refractivity contribution is -0.152. The van der Waals surface area contributed by atoms with Gasteiger partial charge in [0.25, 0.3) is 0 Å². The van der Waals surface area contributed by atoms with Crippen LogP contribution in [-0.4, -0.2) is 31.7 Å². The van der Waals surface area contributed by atoms with Crippen molar-refractivity contribution in [1.82, 2.24) is 4.72 Å². The number of hydrogen-bond acceptors (Lipinski definition) is 5. The fourth-order valence-corrected chi connectivity index (χ4v) is 4.29. The predicted octanol–water partition coefficient (Wildman–Crippen LogP) is 3.04. The van der Waals surface area contributed by atoms with E-state index in [0.29, 0.717) is 30.1 Å². The predicted molar refractivity (Wildman–Crippen MR) is 103 cm³/mol. The molecule has 0 radical (unpaired) electrons. The molecule has 0 aliphatic carbocycles. The highest BCUT2D eigenvalue weighted by molar-refractivity contribution is 7.89. The van der Waals surface area contributed by atoms with Gasteiger partial charge in [-0.1, -0.05) is 18.2 Å². The summed E-state index contributed by atoms with van der Waals surface area (Å²) in [6.07, 6.45) is 0.485. The Balaban J connectivity index is 1.85. The van der Waals surface area contributed by atoms with E-state index < -0.39 is 27.6 Å². The van der Waals surface area contributed by atoms with Gasteiger partial charge in [0.15, 0.2) is 5.60 Å². The number of sulfonamides is 1. The van der Waals surface area contributed by atoms with Crippen molar-refractivity contribution in [3.63, 3.8) is 0 Å². The molecule has 1 unspecified atom stereocenters. The monoisotopic (exact) mass is 405 g/mol. The van der Waals surface area contributed by atoms with E-state index in [4.69, 9.17) is 9.47 Å². The first-order chi connectivity index (χ1) is 13.1. The van der Waals surface area contributed by atoms with Gasteiger partial charge in [0.05, 0.1) is 17.5 Å². The van der Waals surface area contributed by atoms with E-state index in [0.717, 1.165) is 5.56 Å². The average molecular weight is 405 g/mol. The second-order valence-corrected chi connectivity index (χ2v) is 8.96. The van der Waals surface area contributed by atoms with Crippen LogP contribution in [0.25, 0.3) is 0 Å². The van der Waals surface area contributed by atoms with Gasteiger partial charge >= 0.3 is 5.97 Å². The van der Waals surface area contributed by atoms with Crippen LogP contribution in [0.1, 0.15) is 37.4 Å². The number of hydrogen-bond donors (Lipinski definition) is 2. The molecule has 8 heteroatoms. The van der Waals surface area contributed by atoms with Crippen LogP contribution in [0.5, 0.6) is 11.5 Å². The Labute approximate surface area is 164 Å². The summed E-state index contributed by atoms with van der Waals surface area (Å²) in [5.41, 5.74) is 0.149. The Kier molecular flexibility index (Phi) is 5.36. The fourth-order valence-electron chi connectivity index (χ4n) is 2.93. The first kappa shape index (κ1) is 20.2. The molecule has 1 atom stereocenters. The molecular weight excluding hydrogens is 382 g/mol. The fraction of sp³-hybridized carbons (Fsp3) is 0.350. The molecule has 3 rings (SSSR count). The van der Waals surface area contributed by atoms with Gasteiger partial charge in [0.2, 0.25) is 10.0 Å². The van der Waals surface area contributed by atoms with Crippen LogP contribution in [0.2, 0.25) is 0 Å². The lowest BCUT2D eigenvalue weighted by atomic mass is 10.0. The number of nitrogens with one attached hydrogen (secondary N) is 1. The van der Waals surface area contributed by atoms with Crippen molar-refractivity contribution >= 4 is 16.0 Å². The molecule has 2 aromatic rings. The molecule has 0 aromatic heterocycles. The van der Waals surface area contributed by atoms with Crippen molar-refractivity contribution in [3.8, 4) is 11.5 Å². The highest BCUT2D eigenvalue weighted by Crippen LogP contribution is 2.36. The van der Waals surface area contributed by atoms with E-state index in [2.05, 4.69) is 4.72 Å². The maximum absolute atomic E-state index is 12.8. The number of benzene rings is 2. The number of aliphatic carboxylic acids is 1. The largest absolute Gasteiger partial charge is 0.493 e. The summed E-state index contributed by atoms with van der Waals surface area (Å²) in [6.45, 7) is 5.07. The minimum absolute atomic E-state index is 0.212. The molecule has 28 heavy (non-hydrogen) atoms. The minimum atomic E-state index is -3.69. The van der Waals surface area contributed by atoms with E-state index in [1.165, 1.54) is 13.8 Å². The van der Waals surface area contributed by atoms with Crippen LogP contribution >= 0.6 is 0 Å². The summed E-state index contributed by atoms with van der Waals surface area (Å²) in [5.74, 6) is -0.273. The van der Waals surface area contributed by atoms with Crippen molar-refractivity contribution < 1.29 is 27.8 Å². The molecule has 7 nitrogen and oxygen atoms in total. The maximum atomic E-state index is 12.8. The molecule has 0 spiro atoms. The third-order valence-electron chi connectivity index (χ3n) is 4.51. The van der Waals surface area contributed by atoms with E-state index in [1.807, 2.05) is 13.0 Å². The Bertz CT molecular complexity index is 1000. The Hall–Kier alpha value is -2.58. The average Bonchev–Trinajstić information content (AvgIpc) is 2.61. The second kappa shape index (κ2) is 7.44. The molecule has 150 valence electrons. The van der Waals surface area contributed by atoms with Gasteiger partial charge in [0.1, 0.15) is 11.5 Å². The Morgan fingerprint density at radius 3 is 2.68 bits per heavy atom. The van der Waals surface area contributed by atoms with Crippen LogP contribution in [0.15, 0.2) is 47.4 Å². The van der Waals surface area contributed by atoms with E-state index >= 15 is 0 Å². The first-order valence-corrected chi connectivity index (χ1v) is 10.3. The molecular formula is C20H23NO6S. The van der Waals surface area contributed by atoms with Crippen LogP contribution in [0.3, 0.4) is 0 Å². The van der Waals surface area contributed by atoms with Gasteiger partial charge in [-0.25, -0.2) is 17.9 Å². The van der Waals surface area contributed by atoms with E-state index in [1.54, 1.807) is 36.4 Å². The van der Waals surface area contributed by atoms with Crippen LogP contribution in [0.4, 0.5) is 0 Å². The number of fused-ring (bicyclic) bond motifs is 1. The lowest BCUT2D eigenvalue weighted by Crippen LogP contribution is -2.38. The van der Waals surface area contributed by atoms with Crippen molar-refractivity contribution in [2.24, 2.45) is 0 Å². The molecule has 2 N–H and O–H groups in total. The normalized spacial score (nSPS) is 16.8.